The average Bonchev–Trinajstić information content (AvgIpc) is 2.84. The lowest BCUT2D eigenvalue weighted by Crippen LogP contribution is -1.81. The summed E-state index contributed by atoms with van der Waals surface area (Å²) in [7, 11) is 0. The molecule has 0 N–H and O–H groups in total. The Balaban J connectivity index is 2.27. The van der Waals surface area contributed by atoms with Crippen LogP contribution in [0.2, 0.25) is 0 Å². The van der Waals surface area contributed by atoms with Gasteiger partial charge in [-0.15, -0.1) is 11.3 Å². The second-order valence-electron chi connectivity index (χ2n) is 4.15. The topological polar surface area (TPSA) is 48.8 Å². The molecule has 1 aromatic heterocycles. The fraction of sp³-hybridized carbons (Fsp3) is 0.0667. The number of benzene rings is 2. The van der Waals surface area contributed by atoms with Gasteiger partial charge in [0, 0.05) is 25.4 Å². The van der Waals surface area contributed by atoms with Gasteiger partial charge >= 0.3 is 0 Å². The standard InChI is InChI=1S/C15H11N3S/c16-18-17-10-14-15(11-6-2-1-3-7-11)12-8-4-5-9-13(12)19-14/h1-9H,10H2. The van der Waals surface area contributed by atoms with Crippen molar-refractivity contribution in [3.8, 4) is 11.1 Å². The molecule has 0 bridgehead atoms. The molecule has 0 aliphatic carbocycles. The minimum atomic E-state index is 0.403. The van der Waals surface area contributed by atoms with Gasteiger partial charge in [-0.25, -0.2) is 0 Å². The van der Waals surface area contributed by atoms with Crippen molar-refractivity contribution in [2.45, 2.75) is 6.54 Å². The monoisotopic (exact) mass is 265 g/mol. The number of hydrogen-bond donors (Lipinski definition) is 0. The Morgan fingerprint density at radius 2 is 1.74 bits per heavy atom. The van der Waals surface area contributed by atoms with Crippen LogP contribution in [0.1, 0.15) is 4.88 Å². The van der Waals surface area contributed by atoms with Crippen LogP contribution in [0.25, 0.3) is 31.7 Å². The molecule has 0 radical (unpaired) electrons. The maximum atomic E-state index is 8.53. The first-order chi connectivity index (χ1) is 9.40. The highest BCUT2D eigenvalue weighted by molar-refractivity contribution is 7.19. The molecule has 0 fully saturated rings. The Bertz CT molecular complexity index is 755. The third-order valence-electron chi connectivity index (χ3n) is 3.01. The molecule has 4 heteroatoms. The van der Waals surface area contributed by atoms with Gasteiger partial charge in [0.2, 0.25) is 0 Å². The van der Waals surface area contributed by atoms with Crippen molar-refractivity contribution in [1.82, 2.24) is 0 Å². The van der Waals surface area contributed by atoms with Gasteiger partial charge in [0.1, 0.15) is 0 Å². The second-order valence-corrected chi connectivity index (χ2v) is 5.29. The lowest BCUT2D eigenvalue weighted by atomic mass is 10.0. The van der Waals surface area contributed by atoms with E-state index >= 15 is 0 Å². The van der Waals surface area contributed by atoms with Crippen molar-refractivity contribution in [3.63, 3.8) is 0 Å². The van der Waals surface area contributed by atoms with Crippen LogP contribution in [0.15, 0.2) is 59.7 Å². The van der Waals surface area contributed by atoms with Gasteiger partial charge in [-0.05, 0) is 17.2 Å². The highest BCUT2D eigenvalue weighted by Crippen LogP contribution is 2.39. The first kappa shape index (κ1) is 11.8. The van der Waals surface area contributed by atoms with Crippen molar-refractivity contribution >= 4 is 21.4 Å². The lowest BCUT2D eigenvalue weighted by molar-refractivity contribution is 1.08. The van der Waals surface area contributed by atoms with Gasteiger partial charge < -0.3 is 0 Å². The number of rotatable bonds is 3. The summed E-state index contributed by atoms with van der Waals surface area (Å²) in [5, 5.41) is 4.94. The summed E-state index contributed by atoms with van der Waals surface area (Å²) in [6, 6.07) is 18.5. The van der Waals surface area contributed by atoms with E-state index in [1.807, 2.05) is 30.3 Å². The van der Waals surface area contributed by atoms with E-state index in [0.29, 0.717) is 6.54 Å². The summed E-state index contributed by atoms with van der Waals surface area (Å²) in [4.78, 5) is 3.98. The van der Waals surface area contributed by atoms with E-state index in [4.69, 9.17) is 5.53 Å². The zero-order chi connectivity index (χ0) is 13.1. The minimum Gasteiger partial charge on any atom is -0.140 e. The molecule has 3 aromatic rings. The normalized spacial score (nSPS) is 10.3. The molecule has 0 unspecified atom stereocenters. The highest BCUT2D eigenvalue weighted by Gasteiger charge is 2.12. The van der Waals surface area contributed by atoms with Crippen LogP contribution < -0.4 is 0 Å². The van der Waals surface area contributed by atoms with Crippen molar-refractivity contribution in [2.75, 3.05) is 0 Å². The van der Waals surface area contributed by atoms with E-state index in [2.05, 4.69) is 34.3 Å². The van der Waals surface area contributed by atoms with Gasteiger partial charge in [0.15, 0.2) is 0 Å². The molecular weight excluding hydrogens is 254 g/mol. The zero-order valence-electron chi connectivity index (χ0n) is 10.2. The fourth-order valence-electron chi connectivity index (χ4n) is 2.22. The molecule has 92 valence electrons. The van der Waals surface area contributed by atoms with Crippen LogP contribution in [0.3, 0.4) is 0 Å². The fourth-order valence-corrected chi connectivity index (χ4v) is 3.37. The Morgan fingerprint density at radius 3 is 2.53 bits per heavy atom. The van der Waals surface area contributed by atoms with E-state index in [9.17, 15) is 0 Å². The summed E-state index contributed by atoms with van der Waals surface area (Å²) in [6.45, 7) is 0.403. The minimum absolute atomic E-state index is 0.403. The van der Waals surface area contributed by atoms with E-state index in [-0.39, 0.29) is 0 Å². The molecule has 3 nitrogen and oxygen atoms in total. The van der Waals surface area contributed by atoms with Crippen LogP contribution in [0, 0.1) is 0 Å². The molecule has 19 heavy (non-hydrogen) atoms. The summed E-state index contributed by atoms with van der Waals surface area (Å²) < 4.78 is 1.23. The SMILES string of the molecule is [N-]=[N+]=NCc1sc2ccccc2c1-c1ccccc1. The number of fused-ring (bicyclic) bond motifs is 1. The maximum Gasteiger partial charge on any atom is 0.0611 e. The summed E-state index contributed by atoms with van der Waals surface area (Å²) in [5.74, 6) is 0. The Morgan fingerprint density at radius 1 is 1.00 bits per heavy atom. The number of azide groups is 1. The molecule has 0 spiro atoms. The summed E-state index contributed by atoms with van der Waals surface area (Å²) in [6.07, 6.45) is 0. The first-order valence-corrected chi connectivity index (χ1v) is 6.78. The summed E-state index contributed by atoms with van der Waals surface area (Å²) >= 11 is 1.69. The Hall–Kier alpha value is -2.29. The van der Waals surface area contributed by atoms with E-state index < -0.39 is 0 Å². The third-order valence-corrected chi connectivity index (χ3v) is 4.16. The lowest BCUT2D eigenvalue weighted by Gasteiger charge is -2.02. The predicted molar refractivity (Wildman–Crippen MR) is 80.1 cm³/mol. The van der Waals surface area contributed by atoms with Crippen LogP contribution in [-0.4, -0.2) is 0 Å². The average molecular weight is 265 g/mol. The smallest absolute Gasteiger partial charge is 0.0611 e. The van der Waals surface area contributed by atoms with E-state index in [0.717, 1.165) is 4.88 Å². The molecule has 1 heterocycles. The van der Waals surface area contributed by atoms with E-state index in [1.165, 1.54) is 21.2 Å². The van der Waals surface area contributed by atoms with E-state index in [1.54, 1.807) is 11.3 Å². The quantitative estimate of drug-likeness (QED) is 0.347. The third kappa shape index (κ3) is 2.19. The highest BCUT2D eigenvalue weighted by atomic mass is 32.1. The van der Waals surface area contributed by atoms with Gasteiger partial charge in [0.05, 0.1) is 6.54 Å². The largest absolute Gasteiger partial charge is 0.140 e. The van der Waals surface area contributed by atoms with Crippen molar-refractivity contribution in [1.29, 1.82) is 0 Å². The molecular formula is C15H11N3S. The van der Waals surface area contributed by atoms with Crippen LogP contribution >= 0.6 is 11.3 Å². The molecule has 0 saturated carbocycles. The molecule has 0 saturated heterocycles. The van der Waals surface area contributed by atoms with Crippen molar-refractivity contribution < 1.29 is 0 Å². The number of nitrogens with zero attached hydrogens (tertiary/aromatic N) is 3. The molecule has 2 aromatic carbocycles. The number of thiophene rings is 1. The van der Waals surface area contributed by atoms with Crippen molar-refractivity contribution in [2.24, 2.45) is 5.11 Å². The molecule has 0 amide bonds. The Kier molecular flexibility index (Phi) is 3.19. The maximum absolute atomic E-state index is 8.53. The first-order valence-electron chi connectivity index (χ1n) is 5.97. The van der Waals surface area contributed by atoms with Crippen molar-refractivity contribution in [3.05, 3.63) is 69.9 Å². The molecule has 0 aliphatic rings. The van der Waals surface area contributed by atoms with Gasteiger partial charge in [-0.3, -0.25) is 0 Å². The molecule has 0 atom stereocenters. The zero-order valence-corrected chi connectivity index (χ0v) is 11.0. The second kappa shape index (κ2) is 5.14. The van der Waals surface area contributed by atoms with Gasteiger partial charge in [0.25, 0.3) is 0 Å². The number of hydrogen-bond acceptors (Lipinski definition) is 2. The summed E-state index contributed by atoms with van der Waals surface area (Å²) in [5.41, 5.74) is 10.9. The van der Waals surface area contributed by atoms with Crippen LogP contribution in [0.5, 0.6) is 0 Å². The van der Waals surface area contributed by atoms with Crippen LogP contribution in [0.4, 0.5) is 0 Å². The predicted octanol–water partition coefficient (Wildman–Crippen LogP) is 5.38. The Labute approximate surface area is 114 Å². The van der Waals surface area contributed by atoms with Gasteiger partial charge in [-0.2, -0.15) is 0 Å². The van der Waals surface area contributed by atoms with Crippen LogP contribution in [-0.2, 0) is 6.54 Å². The van der Waals surface area contributed by atoms with Gasteiger partial charge in [-0.1, -0.05) is 53.6 Å². The molecule has 3 rings (SSSR count). The molecule has 0 aliphatic heterocycles.